The second-order valence-corrected chi connectivity index (χ2v) is 8.36. The van der Waals surface area contributed by atoms with Gasteiger partial charge < -0.3 is 10.5 Å². The Morgan fingerprint density at radius 1 is 1.09 bits per heavy atom. The number of anilines is 1. The molecule has 0 spiro atoms. The number of halogens is 2. The average Bonchev–Trinajstić information content (AvgIpc) is 3.17. The fraction of sp³-hybridized carbons (Fsp3) is 0.227. The number of hydrogen-bond donors (Lipinski definition) is 1. The lowest BCUT2D eigenvalue weighted by Gasteiger charge is -2.12. The molecule has 176 valence electrons. The fourth-order valence-electron chi connectivity index (χ4n) is 3.54. The zero-order chi connectivity index (χ0) is 24.4. The number of aromatic nitrogens is 4. The van der Waals surface area contributed by atoms with Crippen LogP contribution in [-0.4, -0.2) is 25.2 Å². The maximum atomic E-state index is 13.4. The van der Waals surface area contributed by atoms with E-state index in [0.717, 1.165) is 10.1 Å². The zero-order valence-electron chi connectivity index (χ0n) is 18.1. The summed E-state index contributed by atoms with van der Waals surface area (Å²) in [5.41, 5.74) is 6.21. The third-order valence-electron chi connectivity index (χ3n) is 5.28. The van der Waals surface area contributed by atoms with Gasteiger partial charge in [-0.15, -0.1) is 0 Å². The number of benzene rings is 2. The van der Waals surface area contributed by atoms with Crippen molar-refractivity contribution in [1.82, 2.24) is 18.7 Å². The molecular formula is C22H20Cl2N6O4. The number of nitrogens with zero attached hydrogens (tertiary/aromatic N) is 5. The molecule has 0 amide bonds. The quantitative estimate of drug-likeness (QED) is 0.222. The lowest BCUT2D eigenvalue weighted by Crippen LogP contribution is -2.39. The Bertz CT molecular complexity index is 1490. The Labute approximate surface area is 203 Å². The van der Waals surface area contributed by atoms with E-state index in [1.165, 1.54) is 11.6 Å². The first-order chi connectivity index (χ1) is 16.3. The molecular weight excluding hydrogens is 483 g/mol. The maximum Gasteiger partial charge on any atom is 0.332 e. The molecule has 0 fully saturated rings. The molecule has 0 bridgehead atoms. The van der Waals surface area contributed by atoms with E-state index < -0.39 is 11.2 Å². The van der Waals surface area contributed by atoms with Crippen molar-refractivity contribution in [2.75, 3.05) is 12.3 Å². The molecule has 4 rings (SSSR count). The van der Waals surface area contributed by atoms with Gasteiger partial charge in [-0.1, -0.05) is 46.6 Å². The first-order valence-corrected chi connectivity index (χ1v) is 11.0. The summed E-state index contributed by atoms with van der Waals surface area (Å²) in [5.74, 6) is 0.247. The molecule has 0 atom stereocenters. The van der Waals surface area contributed by atoms with Crippen molar-refractivity contribution >= 4 is 40.1 Å². The van der Waals surface area contributed by atoms with E-state index >= 15 is 0 Å². The van der Waals surface area contributed by atoms with Crippen LogP contribution in [0.3, 0.4) is 0 Å². The molecule has 2 N–H and O–H groups in total. The molecule has 0 unspecified atom stereocenters. The van der Waals surface area contributed by atoms with Crippen molar-refractivity contribution in [2.45, 2.75) is 19.5 Å². The van der Waals surface area contributed by atoms with Gasteiger partial charge in [-0.3, -0.25) is 18.5 Å². The van der Waals surface area contributed by atoms with Gasteiger partial charge in [0.25, 0.3) is 5.56 Å². The van der Waals surface area contributed by atoms with E-state index in [-0.39, 0.29) is 54.0 Å². The number of fused-ring (bicyclic) bond motifs is 1. The Kier molecular flexibility index (Phi) is 6.71. The third-order valence-corrected chi connectivity index (χ3v) is 5.93. The topological polar surface area (TPSA) is 126 Å². The minimum Gasteiger partial charge on any atom is -0.424 e. The molecule has 2 heterocycles. The standard InChI is InChI=1S/C22H20Cl2N6O4/c1-28-19-18(20(31)29(22(28)32)11-3-10-26-33)30(12-13-6-8-14(23)9-7-13)21(27-19)34-16-5-2-4-15(25)17(16)24/h2,4-9H,3,10-12,25H2,1H3. The number of ether oxygens (including phenoxy) is 1. The van der Waals surface area contributed by atoms with Gasteiger partial charge in [0.05, 0.1) is 18.8 Å². The summed E-state index contributed by atoms with van der Waals surface area (Å²) < 4.78 is 9.87. The van der Waals surface area contributed by atoms with Crippen LogP contribution in [0.25, 0.3) is 11.2 Å². The summed E-state index contributed by atoms with van der Waals surface area (Å²) in [7, 11) is 1.51. The summed E-state index contributed by atoms with van der Waals surface area (Å²) in [6, 6.07) is 12.0. The molecule has 12 heteroatoms. The molecule has 2 aromatic heterocycles. The summed E-state index contributed by atoms with van der Waals surface area (Å²) >= 11 is 12.3. The summed E-state index contributed by atoms with van der Waals surface area (Å²) in [6.45, 7) is 0.225. The van der Waals surface area contributed by atoms with Crippen LogP contribution in [0.5, 0.6) is 11.8 Å². The second-order valence-electron chi connectivity index (χ2n) is 7.55. The average molecular weight is 503 g/mol. The molecule has 0 aliphatic rings. The summed E-state index contributed by atoms with van der Waals surface area (Å²) in [6.07, 6.45) is 0.248. The fourth-order valence-corrected chi connectivity index (χ4v) is 3.83. The number of nitrogen functional groups attached to an aromatic ring is 1. The van der Waals surface area contributed by atoms with Crippen LogP contribution in [-0.2, 0) is 20.1 Å². The van der Waals surface area contributed by atoms with Crippen molar-refractivity contribution < 1.29 is 4.74 Å². The Morgan fingerprint density at radius 3 is 2.53 bits per heavy atom. The van der Waals surface area contributed by atoms with E-state index in [0.29, 0.717) is 10.7 Å². The second kappa shape index (κ2) is 9.70. The predicted octanol–water partition coefficient (Wildman–Crippen LogP) is 3.78. The monoisotopic (exact) mass is 502 g/mol. The Hall–Kier alpha value is -3.63. The van der Waals surface area contributed by atoms with Crippen molar-refractivity contribution in [1.29, 1.82) is 0 Å². The highest BCUT2D eigenvalue weighted by atomic mass is 35.5. The van der Waals surface area contributed by atoms with E-state index in [4.69, 9.17) is 33.7 Å². The molecule has 10 nitrogen and oxygen atoms in total. The number of nitroso groups, excluding NO2 is 1. The molecule has 0 aliphatic heterocycles. The lowest BCUT2D eigenvalue weighted by molar-refractivity contribution is 0.421. The smallest absolute Gasteiger partial charge is 0.332 e. The predicted molar refractivity (Wildman–Crippen MR) is 131 cm³/mol. The van der Waals surface area contributed by atoms with E-state index in [2.05, 4.69) is 10.2 Å². The van der Waals surface area contributed by atoms with Gasteiger partial charge in [0, 0.05) is 18.6 Å². The molecule has 0 saturated carbocycles. The molecule has 0 saturated heterocycles. The number of nitrogens with two attached hydrogens (primary N) is 1. The Morgan fingerprint density at radius 2 is 1.82 bits per heavy atom. The minimum absolute atomic E-state index is 0.0139. The minimum atomic E-state index is -0.562. The van der Waals surface area contributed by atoms with Crippen LogP contribution in [0, 0.1) is 4.91 Å². The van der Waals surface area contributed by atoms with Crippen LogP contribution in [0.4, 0.5) is 5.69 Å². The van der Waals surface area contributed by atoms with Crippen LogP contribution in [0.15, 0.2) is 57.2 Å². The van der Waals surface area contributed by atoms with Gasteiger partial charge in [-0.05, 0) is 36.2 Å². The van der Waals surface area contributed by atoms with Crippen LogP contribution < -0.4 is 21.7 Å². The number of rotatable bonds is 8. The molecule has 34 heavy (non-hydrogen) atoms. The van der Waals surface area contributed by atoms with E-state index in [9.17, 15) is 14.5 Å². The van der Waals surface area contributed by atoms with Crippen molar-refractivity contribution in [2.24, 2.45) is 12.2 Å². The third kappa shape index (κ3) is 4.42. The van der Waals surface area contributed by atoms with E-state index in [1.54, 1.807) is 34.9 Å². The van der Waals surface area contributed by atoms with Gasteiger partial charge in [0.2, 0.25) is 0 Å². The van der Waals surface area contributed by atoms with Gasteiger partial charge in [-0.2, -0.15) is 9.89 Å². The first kappa shape index (κ1) is 23.5. The molecule has 2 aromatic carbocycles. The Balaban J connectivity index is 1.93. The van der Waals surface area contributed by atoms with Crippen molar-refractivity contribution in [3.8, 4) is 11.8 Å². The van der Waals surface area contributed by atoms with Crippen LogP contribution in [0.1, 0.15) is 12.0 Å². The molecule has 0 radical (unpaired) electrons. The number of imidazole rings is 1. The normalized spacial score (nSPS) is 11.1. The van der Waals surface area contributed by atoms with Gasteiger partial charge in [-0.25, -0.2) is 4.79 Å². The van der Waals surface area contributed by atoms with Crippen LogP contribution >= 0.6 is 23.2 Å². The van der Waals surface area contributed by atoms with Gasteiger partial charge in [0.15, 0.2) is 16.9 Å². The SMILES string of the molecule is Cn1c(=O)n(CCCN=O)c(=O)c2c1nc(Oc1cccc(N)c1Cl)n2Cc1ccc(Cl)cc1. The largest absolute Gasteiger partial charge is 0.424 e. The first-order valence-electron chi connectivity index (χ1n) is 10.3. The van der Waals surface area contributed by atoms with Crippen molar-refractivity contribution in [3.05, 3.63) is 83.8 Å². The zero-order valence-corrected chi connectivity index (χ0v) is 19.6. The summed E-state index contributed by atoms with van der Waals surface area (Å²) in [5, 5.41) is 3.56. The van der Waals surface area contributed by atoms with E-state index in [1.807, 2.05) is 12.1 Å². The van der Waals surface area contributed by atoms with Crippen molar-refractivity contribution in [3.63, 3.8) is 0 Å². The molecule has 0 aliphatic carbocycles. The maximum absolute atomic E-state index is 13.4. The highest BCUT2D eigenvalue weighted by molar-refractivity contribution is 6.34. The lowest BCUT2D eigenvalue weighted by atomic mass is 10.2. The van der Waals surface area contributed by atoms with Gasteiger partial charge in [0.1, 0.15) is 5.02 Å². The highest BCUT2D eigenvalue weighted by Crippen LogP contribution is 2.34. The van der Waals surface area contributed by atoms with Gasteiger partial charge >= 0.3 is 11.7 Å². The molecule has 4 aromatic rings. The highest BCUT2D eigenvalue weighted by Gasteiger charge is 2.22. The number of hydrogen-bond acceptors (Lipinski definition) is 7. The summed E-state index contributed by atoms with van der Waals surface area (Å²) in [4.78, 5) is 41.2. The number of aryl methyl sites for hydroxylation is 1. The van der Waals surface area contributed by atoms with Crippen LogP contribution in [0.2, 0.25) is 10.0 Å².